The normalized spacial score (nSPS) is 11.0. The molecule has 0 atom stereocenters. The lowest BCUT2D eigenvalue weighted by Crippen LogP contribution is -2.36. The molecule has 0 aromatic heterocycles. The molecule has 0 radical (unpaired) electrons. The van der Waals surface area contributed by atoms with Crippen LogP contribution in [0.1, 0.15) is 21.5 Å². The summed E-state index contributed by atoms with van der Waals surface area (Å²) in [4.78, 5) is 18.4. The molecule has 0 saturated carbocycles. The van der Waals surface area contributed by atoms with Gasteiger partial charge in [0, 0.05) is 38.8 Å². The zero-order valence-corrected chi connectivity index (χ0v) is 19.4. The third-order valence-electron chi connectivity index (χ3n) is 4.09. The molecule has 6 nitrogen and oxygen atoms in total. The Bertz CT molecular complexity index is 796. The van der Waals surface area contributed by atoms with E-state index in [1.807, 2.05) is 37.2 Å². The number of guanidine groups is 1. The zero-order valence-electron chi connectivity index (χ0n) is 17.0. The minimum absolute atomic E-state index is 0. The van der Waals surface area contributed by atoms with Crippen molar-refractivity contribution in [2.24, 2.45) is 4.99 Å². The molecule has 0 aliphatic heterocycles. The molecule has 0 heterocycles. The smallest absolute Gasteiger partial charge is 0.251 e. The predicted molar refractivity (Wildman–Crippen MR) is 126 cm³/mol. The van der Waals surface area contributed by atoms with E-state index in [4.69, 9.17) is 0 Å². The molecular weight excluding hydrogens is 484 g/mol. The van der Waals surface area contributed by atoms with E-state index in [9.17, 15) is 9.18 Å². The van der Waals surface area contributed by atoms with Crippen LogP contribution in [0.3, 0.4) is 0 Å². The highest BCUT2D eigenvalue weighted by Gasteiger charge is 2.06. The van der Waals surface area contributed by atoms with Crippen LogP contribution in [0.2, 0.25) is 0 Å². The Kier molecular flexibility index (Phi) is 11.2. The Morgan fingerprint density at radius 1 is 1.00 bits per heavy atom. The first-order valence-electron chi connectivity index (χ1n) is 9.19. The number of benzene rings is 2. The first-order chi connectivity index (χ1) is 13.5. The van der Waals surface area contributed by atoms with E-state index in [0.29, 0.717) is 31.2 Å². The van der Waals surface area contributed by atoms with Crippen LogP contribution in [0.25, 0.3) is 0 Å². The van der Waals surface area contributed by atoms with Gasteiger partial charge in [0.15, 0.2) is 5.96 Å². The Labute approximate surface area is 189 Å². The molecule has 1 amide bonds. The van der Waals surface area contributed by atoms with E-state index in [1.54, 1.807) is 25.2 Å². The van der Waals surface area contributed by atoms with Gasteiger partial charge in [-0.05, 0) is 49.5 Å². The molecule has 0 spiro atoms. The van der Waals surface area contributed by atoms with Gasteiger partial charge in [0.05, 0.1) is 0 Å². The van der Waals surface area contributed by atoms with Crippen LogP contribution in [0.5, 0.6) is 0 Å². The lowest BCUT2D eigenvalue weighted by atomic mass is 10.1. The van der Waals surface area contributed by atoms with Gasteiger partial charge in [0.25, 0.3) is 5.91 Å². The number of hydrogen-bond donors (Lipinski definition) is 3. The minimum Gasteiger partial charge on any atom is -0.352 e. The van der Waals surface area contributed by atoms with Gasteiger partial charge in [-0.15, -0.1) is 24.0 Å². The van der Waals surface area contributed by atoms with Gasteiger partial charge >= 0.3 is 0 Å². The molecule has 2 aromatic carbocycles. The Balaban J connectivity index is 0.00000420. The second kappa shape index (κ2) is 13.1. The number of halogens is 2. The summed E-state index contributed by atoms with van der Waals surface area (Å²) in [7, 11) is 5.62. The Hall–Kier alpha value is -2.20. The SMILES string of the molecule is CN=C(NCc1ccc(F)cc1)NCc1cccc(C(=O)NCCN(C)C)c1.I. The number of hydrogen-bond acceptors (Lipinski definition) is 3. The van der Waals surface area contributed by atoms with Gasteiger partial charge in [-0.25, -0.2) is 4.39 Å². The molecule has 158 valence electrons. The standard InChI is InChI=1S/C21H28FN5O.HI/c1-23-21(25-14-16-7-9-19(22)10-8-16)26-15-17-5-4-6-18(13-17)20(28)24-11-12-27(2)3;/h4-10,13H,11-12,14-15H2,1-3H3,(H,24,28)(H2,23,25,26);1H. The maximum Gasteiger partial charge on any atom is 0.251 e. The van der Waals surface area contributed by atoms with Crippen molar-refractivity contribution in [3.63, 3.8) is 0 Å². The first kappa shape index (κ1) is 24.8. The fourth-order valence-corrected chi connectivity index (χ4v) is 2.51. The highest BCUT2D eigenvalue weighted by atomic mass is 127. The van der Waals surface area contributed by atoms with Crippen LogP contribution in [0.4, 0.5) is 4.39 Å². The third kappa shape index (κ3) is 9.23. The Morgan fingerprint density at radius 3 is 2.28 bits per heavy atom. The number of carbonyl (C=O) groups is 1. The number of nitrogens with one attached hydrogen (secondary N) is 3. The molecule has 0 saturated heterocycles. The highest BCUT2D eigenvalue weighted by Crippen LogP contribution is 2.06. The van der Waals surface area contributed by atoms with Crippen LogP contribution < -0.4 is 16.0 Å². The second-order valence-corrected chi connectivity index (χ2v) is 6.67. The lowest BCUT2D eigenvalue weighted by molar-refractivity contribution is 0.0951. The van der Waals surface area contributed by atoms with Crippen LogP contribution in [-0.4, -0.2) is 51.0 Å². The number of aliphatic imine (C=N–C) groups is 1. The van der Waals surface area contributed by atoms with E-state index in [-0.39, 0.29) is 35.7 Å². The third-order valence-corrected chi connectivity index (χ3v) is 4.09. The van der Waals surface area contributed by atoms with Crippen molar-refractivity contribution in [3.05, 3.63) is 71.0 Å². The van der Waals surface area contributed by atoms with Crippen molar-refractivity contribution in [2.45, 2.75) is 13.1 Å². The number of rotatable bonds is 8. The molecule has 3 N–H and O–H groups in total. The summed E-state index contributed by atoms with van der Waals surface area (Å²) in [6.07, 6.45) is 0. The van der Waals surface area contributed by atoms with E-state index in [1.165, 1.54) is 12.1 Å². The summed E-state index contributed by atoms with van der Waals surface area (Å²) in [5.74, 6) is 0.296. The number of likely N-dealkylation sites (N-methyl/N-ethyl adjacent to an activating group) is 1. The number of carbonyl (C=O) groups excluding carboxylic acids is 1. The van der Waals surface area contributed by atoms with Gasteiger partial charge in [0.1, 0.15) is 5.82 Å². The van der Waals surface area contributed by atoms with E-state index in [2.05, 4.69) is 20.9 Å². The largest absolute Gasteiger partial charge is 0.352 e. The van der Waals surface area contributed by atoms with Crippen LogP contribution in [0, 0.1) is 5.82 Å². The van der Waals surface area contributed by atoms with Crippen molar-refractivity contribution >= 4 is 35.8 Å². The summed E-state index contributed by atoms with van der Waals surface area (Å²) in [6, 6.07) is 13.8. The molecule has 8 heteroatoms. The van der Waals surface area contributed by atoms with E-state index >= 15 is 0 Å². The van der Waals surface area contributed by atoms with Crippen LogP contribution >= 0.6 is 24.0 Å². The van der Waals surface area contributed by atoms with Crippen molar-refractivity contribution < 1.29 is 9.18 Å². The quantitative estimate of drug-likeness (QED) is 0.289. The second-order valence-electron chi connectivity index (χ2n) is 6.67. The fraction of sp³-hybridized carbons (Fsp3) is 0.333. The van der Waals surface area contributed by atoms with Gasteiger partial charge in [-0.2, -0.15) is 0 Å². The molecule has 0 aliphatic rings. The van der Waals surface area contributed by atoms with Crippen molar-refractivity contribution in [1.29, 1.82) is 0 Å². The summed E-state index contributed by atoms with van der Waals surface area (Å²) in [5, 5.41) is 9.31. The van der Waals surface area contributed by atoms with Crippen molar-refractivity contribution in [3.8, 4) is 0 Å². The van der Waals surface area contributed by atoms with Crippen molar-refractivity contribution in [1.82, 2.24) is 20.9 Å². The summed E-state index contributed by atoms with van der Waals surface area (Å²) >= 11 is 0. The van der Waals surface area contributed by atoms with Gasteiger partial charge in [-0.1, -0.05) is 24.3 Å². The molecule has 0 aliphatic carbocycles. The van der Waals surface area contributed by atoms with Crippen LogP contribution in [-0.2, 0) is 13.1 Å². The van der Waals surface area contributed by atoms with Crippen LogP contribution in [0.15, 0.2) is 53.5 Å². The average Bonchev–Trinajstić information content (AvgIpc) is 2.69. The fourth-order valence-electron chi connectivity index (χ4n) is 2.51. The molecule has 0 bridgehead atoms. The average molecular weight is 513 g/mol. The zero-order chi connectivity index (χ0) is 20.4. The summed E-state index contributed by atoms with van der Waals surface area (Å²) in [6.45, 7) is 2.47. The molecule has 29 heavy (non-hydrogen) atoms. The van der Waals surface area contributed by atoms with E-state index in [0.717, 1.165) is 17.7 Å². The molecule has 2 aromatic rings. The molecule has 2 rings (SSSR count). The number of amides is 1. The maximum absolute atomic E-state index is 13.0. The molecule has 0 fully saturated rings. The highest BCUT2D eigenvalue weighted by molar-refractivity contribution is 14.0. The minimum atomic E-state index is -0.253. The summed E-state index contributed by atoms with van der Waals surface area (Å²) < 4.78 is 13.0. The lowest BCUT2D eigenvalue weighted by Gasteiger charge is -2.13. The van der Waals surface area contributed by atoms with Crippen molar-refractivity contribution in [2.75, 3.05) is 34.2 Å². The molecule has 0 unspecified atom stereocenters. The predicted octanol–water partition coefficient (Wildman–Crippen LogP) is 2.60. The maximum atomic E-state index is 13.0. The van der Waals surface area contributed by atoms with Gasteiger partial charge in [-0.3, -0.25) is 9.79 Å². The molecular formula is C21H29FIN5O. The van der Waals surface area contributed by atoms with Gasteiger partial charge in [0.2, 0.25) is 0 Å². The van der Waals surface area contributed by atoms with E-state index < -0.39 is 0 Å². The number of nitrogens with zero attached hydrogens (tertiary/aromatic N) is 2. The summed E-state index contributed by atoms with van der Waals surface area (Å²) in [5.41, 5.74) is 2.57. The van der Waals surface area contributed by atoms with Gasteiger partial charge < -0.3 is 20.9 Å². The Morgan fingerprint density at radius 2 is 1.66 bits per heavy atom. The monoisotopic (exact) mass is 513 g/mol. The first-order valence-corrected chi connectivity index (χ1v) is 9.19. The topological polar surface area (TPSA) is 68.8 Å².